The molecule has 0 amide bonds. The van der Waals surface area contributed by atoms with Crippen LogP contribution in [0.15, 0.2) is 60.9 Å². The number of carbonyl (C=O) groups excluding carboxylic acids is 1. The molecule has 2 atom stereocenters. The van der Waals surface area contributed by atoms with Gasteiger partial charge in [0.15, 0.2) is 0 Å². The summed E-state index contributed by atoms with van der Waals surface area (Å²) in [6, 6.07) is 14.9. The van der Waals surface area contributed by atoms with Crippen LogP contribution in [0.2, 0.25) is 0 Å². The molecular formula is C24H29ClN4O4. The van der Waals surface area contributed by atoms with Gasteiger partial charge in [0, 0.05) is 46.7 Å². The predicted octanol–water partition coefficient (Wildman–Crippen LogP) is 3.14. The fraction of sp³-hybridized carbons (Fsp3) is 0.250. The van der Waals surface area contributed by atoms with Gasteiger partial charge >= 0.3 is 11.9 Å². The Morgan fingerprint density at radius 3 is 1.88 bits per heavy atom. The number of aliphatic carboxylic acids is 1. The number of benzene rings is 2. The number of fused-ring (bicyclic) bond motifs is 2. The molecule has 0 saturated carbocycles. The molecule has 4 aromatic rings. The van der Waals surface area contributed by atoms with Gasteiger partial charge in [0.2, 0.25) is 0 Å². The molecule has 0 aliphatic carbocycles. The normalized spacial score (nSPS) is 12.3. The number of rotatable bonds is 7. The standard InChI is InChI=1S/2C12H14N2O2.ClH/c1-16-12(15)10(13)6-8-7-14-11-5-3-2-4-9(8)11;13-9(6-12(15)16)5-8-7-14-11-4-2-1-3-10(8)11;/h2-5,7,10,14H,6,13H2,1H3;1-4,7,9,14H,5-6,13H2,(H,15,16);1H/t10-;9-;/m11./s1. The molecule has 0 saturated heterocycles. The minimum Gasteiger partial charge on any atom is -0.481 e. The number of para-hydroxylation sites is 2. The summed E-state index contributed by atoms with van der Waals surface area (Å²) in [6.45, 7) is 0. The van der Waals surface area contributed by atoms with Crippen LogP contribution >= 0.6 is 12.4 Å². The highest BCUT2D eigenvalue weighted by Gasteiger charge is 2.16. The van der Waals surface area contributed by atoms with Gasteiger partial charge in [-0.15, -0.1) is 12.4 Å². The van der Waals surface area contributed by atoms with Crippen LogP contribution in [-0.2, 0) is 27.2 Å². The summed E-state index contributed by atoms with van der Waals surface area (Å²) in [5.74, 6) is -1.24. The number of nitrogens with two attached hydrogens (primary N) is 2. The lowest BCUT2D eigenvalue weighted by molar-refractivity contribution is -0.142. The number of esters is 1. The minimum absolute atomic E-state index is 0. The summed E-state index contributed by atoms with van der Waals surface area (Å²) >= 11 is 0. The molecule has 2 aromatic carbocycles. The van der Waals surface area contributed by atoms with Gasteiger partial charge in [-0.1, -0.05) is 36.4 Å². The number of hydrogen-bond donors (Lipinski definition) is 5. The molecule has 4 rings (SSSR count). The van der Waals surface area contributed by atoms with Crippen molar-refractivity contribution in [1.29, 1.82) is 0 Å². The van der Waals surface area contributed by atoms with Gasteiger partial charge in [-0.3, -0.25) is 9.59 Å². The smallest absolute Gasteiger partial charge is 0.322 e. The molecule has 2 aromatic heterocycles. The fourth-order valence-electron chi connectivity index (χ4n) is 3.65. The lowest BCUT2D eigenvalue weighted by Gasteiger charge is -2.07. The van der Waals surface area contributed by atoms with E-state index in [0.717, 1.165) is 32.9 Å². The third kappa shape index (κ3) is 6.82. The van der Waals surface area contributed by atoms with Crippen molar-refractivity contribution in [2.45, 2.75) is 31.3 Å². The largest absolute Gasteiger partial charge is 0.481 e. The Hall–Kier alpha value is -3.33. The lowest BCUT2D eigenvalue weighted by atomic mass is 10.0. The van der Waals surface area contributed by atoms with Crippen LogP contribution in [0.5, 0.6) is 0 Å². The summed E-state index contributed by atoms with van der Waals surface area (Å²) in [5.41, 5.74) is 15.7. The summed E-state index contributed by atoms with van der Waals surface area (Å²) in [5, 5.41) is 10.9. The van der Waals surface area contributed by atoms with Gasteiger partial charge < -0.3 is 31.3 Å². The third-order valence-corrected chi connectivity index (χ3v) is 5.21. The molecule has 9 heteroatoms. The molecule has 176 valence electrons. The molecule has 33 heavy (non-hydrogen) atoms. The van der Waals surface area contributed by atoms with E-state index >= 15 is 0 Å². The van der Waals surface area contributed by atoms with Gasteiger partial charge in [-0.2, -0.15) is 0 Å². The number of aromatic nitrogens is 2. The zero-order valence-corrected chi connectivity index (χ0v) is 19.1. The van der Waals surface area contributed by atoms with E-state index in [2.05, 4.69) is 14.7 Å². The van der Waals surface area contributed by atoms with Gasteiger partial charge in [0.05, 0.1) is 13.5 Å². The van der Waals surface area contributed by atoms with E-state index in [9.17, 15) is 9.59 Å². The van der Waals surface area contributed by atoms with Crippen molar-refractivity contribution in [1.82, 2.24) is 9.97 Å². The topological polar surface area (TPSA) is 147 Å². The number of hydrogen-bond acceptors (Lipinski definition) is 5. The molecule has 0 aliphatic rings. The second kappa shape index (κ2) is 12.1. The van der Waals surface area contributed by atoms with Crippen molar-refractivity contribution in [2.24, 2.45) is 11.5 Å². The van der Waals surface area contributed by atoms with Gasteiger partial charge in [0.25, 0.3) is 0 Å². The number of nitrogens with one attached hydrogen (secondary N) is 2. The van der Waals surface area contributed by atoms with Gasteiger partial charge in [-0.05, 0) is 29.7 Å². The molecule has 0 fully saturated rings. The van der Waals surface area contributed by atoms with Gasteiger partial charge in [0.1, 0.15) is 6.04 Å². The second-order valence-corrected chi connectivity index (χ2v) is 7.61. The van der Waals surface area contributed by atoms with Crippen LogP contribution < -0.4 is 11.5 Å². The van der Waals surface area contributed by atoms with Crippen LogP contribution in [0.4, 0.5) is 0 Å². The van der Waals surface area contributed by atoms with Crippen LogP contribution in [-0.4, -0.2) is 46.2 Å². The number of ether oxygens (including phenoxy) is 1. The van der Waals surface area contributed by atoms with Crippen molar-refractivity contribution in [3.63, 3.8) is 0 Å². The van der Waals surface area contributed by atoms with Crippen molar-refractivity contribution in [3.05, 3.63) is 72.1 Å². The van der Waals surface area contributed by atoms with E-state index in [1.54, 1.807) is 0 Å². The van der Waals surface area contributed by atoms with Crippen molar-refractivity contribution < 1.29 is 19.4 Å². The first-order chi connectivity index (χ1) is 15.4. The number of H-pyrrole nitrogens is 2. The first-order valence-corrected chi connectivity index (χ1v) is 10.3. The van der Waals surface area contributed by atoms with E-state index in [1.807, 2.05) is 60.9 Å². The Kier molecular flexibility index (Phi) is 9.47. The molecular weight excluding hydrogens is 444 g/mol. The molecule has 0 unspecified atom stereocenters. The van der Waals surface area contributed by atoms with Crippen molar-refractivity contribution in [2.75, 3.05) is 7.11 Å². The molecule has 2 heterocycles. The lowest BCUT2D eigenvalue weighted by Crippen LogP contribution is -2.33. The summed E-state index contributed by atoms with van der Waals surface area (Å²) in [7, 11) is 1.34. The zero-order valence-electron chi connectivity index (χ0n) is 18.3. The first-order valence-electron chi connectivity index (χ1n) is 10.3. The number of methoxy groups -OCH3 is 1. The van der Waals surface area contributed by atoms with E-state index in [1.165, 1.54) is 7.11 Å². The van der Waals surface area contributed by atoms with Crippen LogP contribution in [0.25, 0.3) is 21.8 Å². The van der Waals surface area contributed by atoms with E-state index < -0.39 is 12.0 Å². The molecule has 0 spiro atoms. The number of carboxylic acid groups (broad SMARTS) is 1. The summed E-state index contributed by atoms with van der Waals surface area (Å²) in [4.78, 5) is 28.0. The minimum atomic E-state index is -0.854. The van der Waals surface area contributed by atoms with Crippen molar-refractivity contribution >= 4 is 46.2 Å². The van der Waals surface area contributed by atoms with Crippen molar-refractivity contribution in [3.8, 4) is 0 Å². The van der Waals surface area contributed by atoms with E-state index in [0.29, 0.717) is 12.8 Å². The van der Waals surface area contributed by atoms with Crippen LogP contribution in [0.3, 0.4) is 0 Å². The van der Waals surface area contributed by atoms with Crippen LogP contribution in [0, 0.1) is 0 Å². The average Bonchev–Trinajstić information content (AvgIpc) is 3.37. The monoisotopic (exact) mass is 472 g/mol. The summed E-state index contributed by atoms with van der Waals surface area (Å²) < 4.78 is 4.60. The Morgan fingerprint density at radius 1 is 0.909 bits per heavy atom. The van der Waals surface area contributed by atoms with E-state index in [-0.39, 0.29) is 30.8 Å². The second-order valence-electron chi connectivity index (χ2n) is 7.61. The predicted molar refractivity (Wildman–Crippen MR) is 131 cm³/mol. The highest BCUT2D eigenvalue weighted by Crippen LogP contribution is 2.20. The van der Waals surface area contributed by atoms with Gasteiger partial charge in [-0.25, -0.2) is 0 Å². The SMILES string of the molecule is COC(=O)[C@H](N)Cc1c[nH]c2ccccc12.Cl.N[C@@H](CC(=O)O)Cc1c[nH]c2ccccc12. The molecule has 0 aliphatic heterocycles. The number of aromatic amines is 2. The Bertz CT molecular complexity index is 1200. The maximum atomic E-state index is 11.2. The molecule has 8 nitrogen and oxygen atoms in total. The highest BCUT2D eigenvalue weighted by atomic mass is 35.5. The molecule has 7 N–H and O–H groups in total. The number of halogens is 1. The van der Waals surface area contributed by atoms with Crippen LogP contribution in [0.1, 0.15) is 17.5 Å². The molecule has 0 bridgehead atoms. The Labute approximate surface area is 197 Å². The Morgan fingerprint density at radius 2 is 1.39 bits per heavy atom. The Balaban J connectivity index is 0.000000227. The first kappa shape index (κ1) is 25.9. The zero-order chi connectivity index (χ0) is 23.1. The highest BCUT2D eigenvalue weighted by molar-refractivity contribution is 5.85. The maximum Gasteiger partial charge on any atom is 0.322 e. The fourth-order valence-corrected chi connectivity index (χ4v) is 3.65. The maximum absolute atomic E-state index is 11.2. The average molecular weight is 473 g/mol. The number of carboxylic acids is 1. The quantitative estimate of drug-likeness (QED) is 0.261. The summed E-state index contributed by atoms with van der Waals surface area (Å²) in [6.07, 6.45) is 4.84. The molecule has 0 radical (unpaired) electrons. The van der Waals surface area contributed by atoms with E-state index in [4.69, 9.17) is 16.6 Å². The number of carbonyl (C=O) groups is 2. The third-order valence-electron chi connectivity index (χ3n) is 5.21.